The second kappa shape index (κ2) is 7.83. The molecule has 0 spiro atoms. The fraction of sp³-hybridized carbons (Fsp3) is 0.148. The van der Waals surface area contributed by atoms with Crippen molar-refractivity contribution in [1.82, 2.24) is 0 Å². The summed E-state index contributed by atoms with van der Waals surface area (Å²) in [5.41, 5.74) is 2.56. The lowest BCUT2D eigenvalue weighted by atomic mass is 9.86. The van der Waals surface area contributed by atoms with Gasteiger partial charge in [0.15, 0.2) is 5.78 Å². The summed E-state index contributed by atoms with van der Waals surface area (Å²) in [4.78, 5) is 44.6. The van der Waals surface area contributed by atoms with Gasteiger partial charge in [0.25, 0.3) is 0 Å². The quantitative estimate of drug-likeness (QED) is 0.372. The topological polar surface area (TPSA) is 57.7 Å². The van der Waals surface area contributed by atoms with Gasteiger partial charge in [0.2, 0.25) is 11.8 Å². The van der Waals surface area contributed by atoms with Gasteiger partial charge in [-0.15, -0.1) is 0 Å². The van der Waals surface area contributed by atoms with Crippen LogP contribution < -0.4 is 9.80 Å². The van der Waals surface area contributed by atoms with E-state index in [1.165, 1.54) is 0 Å². The zero-order valence-electron chi connectivity index (χ0n) is 17.8. The van der Waals surface area contributed by atoms with E-state index in [0.717, 1.165) is 16.2 Å². The zero-order valence-corrected chi connectivity index (χ0v) is 19.3. The highest BCUT2D eigenvalue weighted by molar-refractivity contribution is 6.36. The molecule has 4 atom stereocenters. The average Bonchev–Trinajstić information content (AvgIpc) is 3.32. The van der Waals surface area contributed by atoms with Crippen LogP contribution in [-0.2, 0) is 9.59 Å². The fourth-order valence-electron chi connectivity index (χ4n) is 5.47. The lowest BCUT2D eigenvalue weighted by Crippen LogP contribution is -2.48. The van der Waals surface area contributed by atoms with E-state index in [2.05, 4.69) is 0 Å². The van der Waals surface area contributed by atoms with E-state index < -0.39 is 29.8 Å². The van der Waals surface area contributed by atoms with Gasteiger partial charge in [0.1, 0.15) is 6.04 Å². The Morgan fingerprint density at radius 3 is 2.15 bits per heavy atom. The van der Waals surface area contributed by atoms with Crippen LogP contribution in [-0.4, -0.2) is 29.7 Å². The number of halogens is 2. The Kier molecular flexibility index (Phi) is 4.87. The Morgan fingerprint density at radius 2 is 1.41 bits per heavy atom. The van der Waals surface area contributed by atoms with Crippen molar-refractivity contribution in [2.75, 3.05) is 9.80 Å². The molecule has 0 unspecified atom stereocenters. The number of nitrogens with zero attached hydrogens (tertiary/aromatic N) is 2. The molecule has 3 aromatic carbocycles. The standard InChI is InChI=1S/C27H18Cl2N2O3/c28-17-12-9-16(10-13-17)25(32)24-23-22(21-14-11-15-5-1-3-7-19(15)30(21)24)26(33)31(27(23)34)20-8-4-2-6-18(20)29/h1-14,21-24H/t21-,22-,23+,24+/m1/s1. The first-order chi connectivity index (χ1) is 16.5. The number of benzene rings is 3. The van der Waals surface area contributed by atoms with Crippen LogP contribution in [0.1, 0.15) is 15.9 Å². The molecule has 0 aromatic heterocycles. The number of para-hydroxylation sites is 2. The second-order valence-electron chi connectivity index (χ2n) is 8.65. The molecule has 168 valence electrons. The van der Waals surface area contributed by atoms with Crippen LogP contribution in [0.3, 0.4) is 0 Å². The molecule has 7 heteroatoms. The highest BCUT2D eigenvalue weighted by Crippen LogP contribution is 2.50. The largest absolute Gasteiger partial charge is 0.352 e. The lowest BCUT2D eigenvalue weighted by Gasteiger charge is -2.36. The van der Waals surface area contributed by atoms with E-state index in [1.807, 2.05) is 41.3 Å². The summed E-state index contributed by atoms with van der Waals surface area (Å²) in [7, 11) is 0. The van der Waals surface area contributed by atoms with Crippen molar-refractivity contribution in [3.05, 3.63) is 100 Å². The summed E-state index contributed by atoms with van der Waals surface area (Å²) in [5, 5.41) is 0.827. The Labute approximate surface area is 206 Å². The van der Waals surface area contributed by atoms with Crippen LogP contribution in [0.25, 0.3) is 6.08 Å². The number of hydrogen-bond acceptors (Lipinski definition) is 4. The van der Waals surface area contributed by atoms with Gasteiger partial charge in [0.05, 0.1) is 28.6 Å². The Morgan fingerprint density at radius 1 is 0.765 bits per heavy atom. The molecule has 3 aliphatic rings. The number of ketones is 1. The molecule has 5 nitrogen and oxygen atoms in total. The monoisotopic (exact) mass is 488 g/mol. The maximum atomic E-state index is 13.9. The summed E-state index contributed by atoms with van der Waals surface area (Å²) < 4.78 is 0. The molecule has 6 rings (SSSR count). The summed E-state index contributed by atoms with van der Waals surface area (Å²) in [6.45, 7) is 0. The minimum atomic E-state index is -0.841. The van der Waals surface area contributed by atoms with Crippen molar-refractivity contribution >= 4 is 58.3 Å². The zero-order chi connectivity index (χ0) is 23.6. The van der Waals surface area contributed by atoms with E-state index in [1.54, 1.807) is 48.5 Å². The van der Waals surface area contributed by atoms with Gasteiger partial charge >= 0.3 is 0 Å². The molecule has 0 radical (unpaired) electrons. The number of carbonyl (C=O) groups is 3. The van der Waals surface area contributed by atoms with Gasteiger partial charge in [-0.1, -0.05) is 65.7 Å². The van der Waals surface area contributed by atoms with Gasteiger partial charge < -0.3 is 4.90 Å². The van der Waals surface area contributed by atoms with Crippen molar-refractivity contribution in [3.8, 4) is 0 Å². The summed E-state index contributed by atoms with van der Waals surface area (Å²) >= 11 is 12.4. The number of Topliss-reactive ketones (excluding diaryl/α,β-unsaturated/α-hetero) is 1. The van der Waals surface area contributed by atoms with Gasteiger partial charge in [-0.05, 0) is 48.0 Å². The second-order valence-corrected chi connectivity index (χ2v) is 9.49. The number of imide groups is 1. The number of carbonyl (C=O) groups excluding carboxylic acids is 3. The molecular weight excluding hydrogens is 471 g/mol. The van der Waals surface area contributed by atoms with Gasteiger partial charge in [-0.25, -0.2) is 4.90 Å². The van der Waals surface area contributed by atoms with Crippen LogP contribution >= 0.6 is 23.2 Å². The van der Waals surface area contributed by atoms with Gasteiger partial charge in [-0.2, -0.15) is 0 Å². The smallest absolute Gasteiger partial charge is 0.240 e. The minimum absolute atomic E-state index is 0.221. The molecule has 0 N–H and O–H groups in total. The highest BCUT2D eigenvalue weighted by atomic mass is 35.5. The van der Waals surface area contributed by atoms with E-state index in [9.17, 15) is 14.4 Å². The number of hydrogen-bond donors (Lipinski definition) is 0. The number of amides is 2. The van der Waals surface area contributed by atoms with Crippen molar-refractivity contribution in [2.45, 2.75) is 12.1 Å². The van der Waals surface area contributed by atoms with E-state index in [-0.39, 0.29) is 11.7 Å². The van der Waals surface area contributed by atoms with Crippen molar-refractivity contribution < 1.29 is 14.4 Å². The first kappa shape index (κ1) is 21.1. The molecular formula is C27H18Cl2N2O3. The molecule has 3 heterocycles. The average molecular weight is 489 g/mol. The summed E-state index contributed by atoms with van der Waals surface area (Å²) in [6, 6.07) is 19.8. The van der Waals surface area contributed by atoms with E-state index in [0.29, 0.717) is 21.3 Å². The van der Waals surface area contributed by atoms with Crippen molar-refractivity contribution in [2.24, 2.45) is 11.8 Å². The third-order valence-electron chi connectivity index (χ3n) is 6.91. The summed E-state index contributed by atoms with van der Waals surface area (Å²) in [6.07, 6.45) is 3.88. The molecule has 34 heavy (non-hydrogen) atoms. The Bertz CT molecular complexity index is 1380. The van der Waals surface area contributed by atoms with Crippen LogP contribution in [0.5, 0.6) is 0 Å². The maximum Gasteiger partial charge on any atom is 0.240 e. The third kappa shape index (κ3) is 2.97. The molecule has 0 bridgehead atoms. The highest BCUT2D eigenvalue weighted by Gasteiger charge is 2.64. The van der Waals surface area contributed by atoms with E-state index >= 15 is 0 Å². The van der Waals surface area contributed by atoms with Crippen LogP contribution in [0, 0.1) is 11.8 Å². The van der Waals surface area contributed by atoms with Crippen molar-refractivity contribution in [1.29, 1.82) is 0 Å². The van der Waals surface area contributed by atoms with E-state index in [4.69, 9.17) is 23.2 Å². The number of fused-ring (bicyclic) bond motifs is 5. The Balaban J connectivity index is 1.51. The molecule has 3 aromatic rings. The molecule has 0 aliphatic carbocycles. The molecule has 2 amide bonds. The van der Waals surface area contributed by atoms with Crippen molar-refractivity contribution in [3.63, 3.8) is 0 Å². The summed E-state index contributed by atoms with van der Waals surface area (Å²) in [5.74, 6) is -2.51. The van der Waals surface area contributed by atoms with Crippen LogP contribution in [0.4, 0.5) is 11.4 Å². The number of rotatable bonds is 3. The predicted molar refractivity (Wildman–Crippen MR) is 132 cm³/mol. The predicted octanol–water partition coefficient (Wildman–Crippen LogP) is 5.27. The third-order valence-corrected chi connectivity index (χ3v) is 7.48. The van der Waals surface area contributed by atoms with Crippen LogP contribution in [0.2, 0.25) is 10.0 Å². The normalized spacial score (nSPS) is 24.8. The molecule has 0 saturated carbocycles. The van der Waals surface area contributed by atoms with Gasteiger partial charge in [0, 0.05) is 16.3 Å². The Hall–Kier alpha value is -3.41. The van der Waals surface area contributed by atoms with Crippen LogP contribution in [0.15, 0.2) is 78.9 Å². The fourth-order valence-corrected chi connectivity index (χ4v) is 5.82. The maximum absolute atomic E-state index is 13.9. The molecule has 2 saturated heterocycles. The molecule has 2 fully saturated rings. The lowest BCUT2D eigenvalue weighted by molar-refractivity contribution is -0.122. The minimum Gasteiger partial charge on any atom is -0.352 e. The SMILES string of the molecule is O=C(c1ccc(Cl)cc1)[C@@H]1[C@H]2C(=O)N(c3ccccc3Cl)C(=O)[C@@H]2[C@H]2C=Cc3ccccc3N21. The first-order valence-electron chi connectivity index (χ1n) is 10.9. The molecule has 3 aliphatic heterocycles. The first-order valence-corrected chi connectivity index (χ1v) is 11.7. The van der Waals surface area contributed by atoms with Gasteiger partial charge in [-0.3, -0.25) is 14.4 Å². The number of anilines is 2.